The molecule has 1 atom stereocenters. The first-order chi connectivity index (χ1) is 18.7. The summed E-state index contributed by atoms with van der Waals surface area (Å²) in [6.45, 7) is 0.922. The number of fused-ring (bicyclic) bond motifs is 2. The monoisotopic (exact) mass is 508 g/mol. The number of nitrogens with zero attached hydrogens (tertiary/aromatic N) is 5. The second kappa shape index (κ2) is 9.22. The van der Waals surface area contributed by atoms with E-state index in [0.717, 1.165) is 35.4 Å². The van der Waals surface area contributed by atoms with E-state index in [1.165, 1.54) is 0 Å². The highest BCUT2D eigenvalue weighted by Gasteiger charge is 2.35. The number of benzene rings is 3. The Labute approximate surface area is 217 Å². The Morgan fingerprint density at radius 1 is 1.00 bits per heavy atom. The van der Waals surface area contributed by atoms with Crippen molar-refractivity contribution in [3.63, 3.8) is 0 Å². The van der Waals surface area contributed by atoms with Crippen LogP contribution < -0.4 is 14.2 Å². The first-order valence-electron chi connectivity index (χ1n) is 12.5. The van der Waals surface area contributed by atoms with Crippen LogP contribution in [0, 0.1) is 0 Å². The predicted octanol–water partition coefficient (Wildman–Crippen LogP) is 4.43. The fourth-order valence-electron chi connectivity index (χ4n) is 5.06. The van der Waals surface area contributed by atoms with E-state index in [-0.39, 0.29) is 31.2 Å². The van der Waals surface area contributed by atoms with Crippen LogP contribution in [0.2, 0.25) is 0 Å². The summed E-state index contributed by atoms with van der Waals surface area (Å²) in [5.41, 5.74) is 2.62. The van der Waals surface area contributed by atoms with E-state index in [9.17, 15) is 4.79 Å². The van der Waals surface area contributed by atoms with Gasteiger partial charge in [-0.05, 0) is 49.2 Å². The smallest absolute Gasteiger partial charge is 0.292 e. The number of imidazole rings is 1. The van der Waals surface area contributed by atoms with Gasteiger partial charge in [0, 0.05) is 18.3 Å². The molecule has 0 bridgehead atoms. The van der Waals surface area contributed by atoms with Crippen LogP contribution in [-0.2, 0) is 6.61 Å². The number of carbonyl (C=O) groups excluding carboxylic acids is 1. The van der Waals surface area contributed by atoms with Gasteiger partial charge in [-0.15, -0.1) is 10.2 Å². The molecule has 0 aliphatic carbocycles. The number of aromatic amines is 1. The van der Waals surface area contributed by atoms with Crippen LogP contribution in [0.5, 0.6) is 17.2 Å². The number of para-hydroxylation sites is 3. The Bertz CT molecular complexity index is 1600. The number of aromatic nitrogens is 5. The first kappa shape index (κ1) is 22.3. The molecule has 7 rings (SSSR count). The van der Waals surface area contributed by atoms with Gasteiger partial charge < -0.3 is 24.1 Å². The summed E-state index contributed by atoms with van der Waals surface area (Å²) in [5.74, 6) is 3.26. The van der Waals surface area contributed by atoms with Gasteiger partial charge in [0.25, 0.3) is 5.91 Å². The maximum atomic E-state index is 13.9. The number of amides is 1. The molecule has 38 heavy (non-hydrogen) atoms. The largest absolute Gasteiger partial charge is 0.485 e. The number of carbonyl (C=O) groups is 1. The van der Waals surface area contributed by atoms with E-state index in [2.05, 4.69) is 15.2 Å². The highest BCUT2D eigenvalue weighted by atomic mass is 16.7. The zero-order valence-corrected chi connectivity index (χ0v) is 20.4. The number of hydrogen-bond acceptors (Lipinski definition) is 7. The molecule has 4 heterocycles. The van der Waals surface area contributed by atoms with Crippen LogP contribution in [0.25, 0.3) is 16.7 Å². The summed E-state index contributed by atoms with van der Waals surface area (Å²) in [6.07, 6.45) is 1.71. The van der Waals surface area contributed by atoms with Crippen molar-refractivity contribution in [1.29, 1.82) is 0 Å². The van der Waals surface area contributed by atoms with Gasteiger partial charge in [-0.1, -0.05) is 30.3 Å². The highest BCUT2D eigenvalue weighted by Crippen LogP contribution is 2.36. The quantitative estimate of drug-likeness (QED) is 0.362. The number of likely N-dealkylation sites (tertiary alicyclic amines) is 1. The van der Waals surface area contributed by atoms with E-state index < -0.39 is 0 Å². The Kier molecular flexibility index (Phi) is 5.42. The molecule has 0 unspecified atom stereocenters. The van der Waals surface area contributed by atoms with E-state index in [1.807, 2.05) is 65.6 Å². The van der Waals surface area contributed by atoms with Crippen LogP contribution in [0.3, 0.4) is 0 Å². The van der Waals surface area contributed by atoms with Crippen LogP contribution >= 0.6 is 0 Å². The molecule has 2 aliphatic rings. The standard InChI is InChI=1S/C28H24N6O4/c35-28(33-14-6-11-22(33)26-29-20-9-4-5-10-21(20)30-26)27-32-31-25(34(27)18-7-2-1-3-8-18)16-36-19-12-13-23-24(15-19)38-17-37-23/h1-5,7-10,12-13,15,22H,6,11,14,16-17H2,(H,29,30)/t22-/m1/s1. The van der Waals surface area contributed by atoms with Gasteiger partial charge >= 0.3 is 0 Å². The van der Waals surface area contributed by atoms with Crippen molar-refractivity contribution in [1.82, 2.24) is 29.6 Å². The van der Waals surface area contributed by atoms with Crippen LogP contribution in [-0.4, -0.2) is 48.9 Å². The third kappa shape index (κ3) is 3.90. The van der Waals surface area contributed by atoms with Crippen molar-refractivity contribution in [3.05, 3.63) is 90.3 Å². The zero-order valence-electron chi connectivity index (χ0n) is 20.4. The molecule has 10 nitrogen and oxygen atoms in total. The summed E-state index contributed by atoms with van der Waals surface area (Å²) in [6, 6.07) is 22.7. The first-order valence-corrected chi connectivity index (χ1v) is 12.5. The molecule has 0 radical (unpaired) electrons. The van der Waals surface area contributed by atoms with Crippen LogP contribution in [0.15, 0.2) is 72.8 Å². The minimum absolute atomic E-state index is 0.113. The Balaban J connectivity index is 1.20. The van der Waals surface area contributed by atoms with Crippen molar-refractivity contribution in [2.24, 2.45) is 0 Å². The summed E-state index contributed by atoms with van der Waals surface area (Å²) in [5, 5.41) is 8.71. The minimum atomic E-state index is -0.196. The summed E-state index contributed by atoms with van der Waals surface area (Å²) in [7, 11) is 0. The molecular weight excluding hydrogens is 484 g/mol. The maximum Gasteiger partial charge on any atom is 0.292 e. The molecule has 1 amide bonds. The van der Waals surface area contributed by atoms with Gasteiger partial charge in [0.05, 0.1) is 17.1 Å². The lowest BCUT2D eigenvalue weighted by Crippen LogP contribution is -2.33. The normalized spacial score (nSPS) is 16.3. The van der Waals surface area contributed by atoms with Crippen molar-refractivity contribution in [3.8, 4) is 22.9 Å². The minimum Gasteiger partial charge on any atom is -0.485 e. The SMILES string of the molecule is O=C(c1nnc(COc2ccc3c(c2)OCO3)n1-c1ccccc1)N1CCC[C@@H]1c1nc2ccccc2[nH]1. The lowest BCUT2D eigenvalue weighted by atomic mass is 10.2. The lowest BCUT2D eigenvalue weighted by Gasteiger charge is -2.23. The summed E-state index contributed by atoms with van der Waals surface area (Å²) in [4.78, 5) is 23.9. The number of nitrogens with one attached hydrogen (secondary N) is 1. The molecule has 1 fully saturated rings. The molecule has 0 saturated carbocycles. The molecular formula is C28H24N6O4. The second-order valence-corrected chi connectivity index (χ2v) is 9.21. The molecule has 2 aliphatic heterocycles. The zero-order chi connectivity index (χ0) is 25.5. The van der Waals surface area contributed by atoms with Crippen molar-refractivity contribution < 1.29 is 19.0 Å². The topological polar surface area (TPSA) is 107 Å². The van der Waals surface area contributed by atoms with Gasteiger partial charge in [-0.25, -0.2) is 4.98 Å². The molecule has 1 N–H and O–H groups in total. The third-order valence-corrected chi connectivity index (χ3v) is 6.88. The number of ether oxygens (including phenoxy) is 3. The summed E-state index contributed by atoms with van der Waals surface area (Å²) < 4.78 is 18.6. The van der Waals surface area contributed by atoms with Crippen molar-refractivity contribution in [2.75, 3.05) is 13.3 Å². The fourth-order valence-corrected chi connectivity index (χ4v) is 5.06. The van der Waals surface area contributed by atoms with Crippen molar-refractivity contribution in [2.45, 2.75) is 25.5 Å². The van der Waals surface area contributed by atoms with Crippen LogP contribution in [0.1, 0.15) is 41.2 Å². The second-order valence-electron chi connectivity index (χ2n) is 9.21. The summed E-state index contributed by atoms with van der Waals surface area (Å²) >= 11 is 0. The van der Waals surface area contributed by atoms with Gasteiger partial charge in [-0.2, -0.15) is 0 Å². The highest BCUT2D eigenvalue weighted by molar-refractivity contribution is 5.92. The van der Waals surface area contributed by atoms with E-state index in [1.54, 1.807) is 16.7 Å². The molecule has 0 spiro atoms. The van der Waals surface area contributed by atoms with Gasteiger partial charge in [0.15, 0.2) is 17.3 Å². The van der Waals surface area contributed by atoms with E-state index in [4.69, 9.17) is 19.2 Å². The Hall–Kier alpha value is -4.86. The fraction of sp³-hybridized carbons (Fsp3) is 0.214. The molecule has 10 heteroatoms. The Morgan fingerprint density at radius 2 is 1.84 bits per heavy atom. The van der Waals surface area contributed by atoms with Crippen molar-refractivity contribution >= 4 is 16.9 Å². The average molecular weight is 509 g/mol. The molecule has 3 aromatic carbocycles. The van der Waals surface area contributed by atoms with Gasteiger partial charge in [0.2, 0.25) is 12.6 Å². The number of rotatable bonds is 6. The lowest BCUT2D eigenvalue weighted by molar-refractivity contribution is 0.0715. The predicted molar refractivity (Wildman–Crippen MR) is 137 cm³/mol. The van der Waals surface area contributed by atoms with Gasteiger partial charge in [-0.3, -0.25) is 9.36 Å². The molecule has 190 valence electrons. The van der Waals surface area contributed by atoms with E-state index >= 15 is 0 Å². The third-order valence-electron chi connectivity index (χ3n) is 6.88. The number of H-pyrrole nitrogens is 1. The number of hydrogen-bond donors (Lipinski definition) is 1. The van der Waals surface area contributed by atoms with E-state index in [0.29, 0.717) is 29.6 Å². The average Bonchev–Trinajstić information content (AvgIpc) is 3.76. The molecule has 2 aromatic heterocycles. The van der Waals surface area contributed by atoms with Gasteiger partial charge in [0.1, 0.15) is 18.2 Å². The van der Waals surface area contributed by atoms with Crippen LogP contribution in [0.4, 0.5) is 0 Å². The molecule has 5 aromatic rings. The molecule has 1 saturated heterocycles. The Morgan fingerprint density at radius 3 is 2.74 bits per heavy atom. The maximum absolute atomic E-state index is 13.9.